The summed E-state index contributed by atoms with van der Waals surface area (Å²) in [4.78, 5) is 26.9. The van der Waals surface area contributed by atoms with Crippen molar-refractivity contribution in [2.75, 3.05) is 21.2 Å². The second kappa shape index (κ2) is 8.27. The molecule has 3 aromatic heterocycles. The van der Waals surface area contributed by atoms with Gasteiger partial charge in [0, 0.05) is 29.9 Å². The fourth-order valence-corrected chi connectivity index (χ4v) is 4.63. The lowest BCUT2D eigenvalue weighted by Gasteiger charge is -2.32. The molecule has 166 valence electrons. The lowest BCUT2D eigenvalue weighted by atomic mass is 9.92. The van der Waals surface area contributed by atoms with Gasteiger partial charge in [0.05, 0.1) is 24.4 Å². The molecule has 8 heteroatoms. The van der Waals surface area contributed by atoms with Gasteiger partial charge in [-0.3, -0.25) is 14.5 Å². The van der Waals surface area contributed by atoms with Crippen molar-refractivity contribution in [2.45, 2.75) is 37.8 Å². The van der Waals surface area contributed by atoms with Crippen molar-refractivity contribution in [2.24, 2.45) is 0 Å². The highest BCUT2D eigenvalue weighted by molar-refractivity contribution is 5.88. The number of rotatable bonds is 5. The van der Waals surface area contributed by atoms with Crippen LogP contribution in [-0.4, -0.2) is 57.8 Å². The van der Waals surface area contributed by atoms with E-state index in [0.717, 1.165) is 36.6 Å². The van der Waals surface area contributed by atoms with Gasteiger partial charge in [-0.15, -0.1) is 0 Å². The molecule has 1 aliphatic carbocycles. The Balaban J connectivity index is 1.56. The van der Waals surface area contributed by atoms with Crippen LogP contribution < -0.4 is 15.2 Å². The maximum Gasteiger partial charge on any atom is 0.332 e. The van der Waals surface area contributed by atoms with Crippen molar-refractivity contribution >= 4 is 22.1 Å². The zero-order valence-electron chi connectivity index (χ0n) is 18.5. The number of H-pyrrole nitrogens is 1. The number of pyridine rings is 2. The van der Waals surface area contributed by atoms with Gasteiger partial charge in [0.1, 0.15) is 17.0 Å². The van der Waals surface area contributed by atoms with Gasteiger partial charge in [-0.1, -0.05) is 0 Å². The van der Waals surface area contributed by atoms with Crippen LogP contribution in [0.1, 0.15) is 25.7 Å². The summed E-state index contributed by atoms with van der Waals surface area (Å²) in [6.45, 7) is 0. The van der Waals surface area contributed by atoms with E-state index in [1.807, 2.05) is 30.3 Å². The Kier molecular flexibility index (Phi) is 5.30. The Morgan fingerprint density at radius 3 is 2.53 bits per heavy atom. The van der Waals surface area contributed by atoms with Crippen molar-refractivity contribution in [1.29, 1.82) is 0 Å². The molecule has 1 N–H and O–H groups in total. The topological polar surface area (TPSA) is 85.3 Å². The molecule has 0 atom stereocenters. The standard InChI is InChI=1S/C24H27N5O3/c1-28(2)15-4-7-17(8-5-15)32-21-11-13-26-23-22(21)29(24(30)27-23)16-6-9-19-18(14-16)20(31-3)10-12-25-19/h6,9-15,17H,4-5,7-8H2,1-3H3,(H,26,27,30)/t15-,17-. The number of imidazole rings is 1. The number of nitrogens with one attached hydrogen (secondary N) is 1. The number of benzene rings is 1. The van der Waals surface area contributed by atoms with E-state index in [2.05, 4.69) is 33.9 Å². The molecular weight excluding hydrogens is 406 g/mol. The largest absolute Gasteiger partial charge is 0.496 e. The van der Waals surface area contributed by atoms with Crippen molar-refractivity contribution in [3.8, 4) is 17.2 Å². The number of fused-ring (bicyclic) bond motifs is 2. The molecule has 0 radical (unpaired) electrons. The Morgan fingerprint density at radius 1 is 1.03 bits per heavy atom. The van der Waals surface area contributed by atoms with Crippen LogP contribution >= 0.6 is 0 Å². The SMILES string of the molecule is COc1ccnc2ccc(-n3c(=O)[nH]c4nccc(O[C@H]5CC[C@H](N(C)C)CC5)c43)cc12. The van der Waals surface area contributed by atoms with Gasteiger partial charge >= 0.3 is 5.69 Å². The minimum absolute atomic E-state index is 0.121. The summed E-state index contributed by atoms with van der Waals surface area (Å²) in [6, 6.07) is 9.92. The molecule has 1 fully saturated rings. The molecule has 8 nitrogen and oxygen atoms in total. The summed E-state index contributed by atoms with van der Waals surface area (Å²) in [5.74, 6) is 1.37. The van der Waals surface area contributed by atoms with Gasteiger partial charge in [0.25, 0.3) is 0 Å². The quantitative estimate of drug-likeness (QED) is 0.518. The van der Waals surface area contributed by atoms with Gasteiger partial charge < -0.3 is 14.4 Å². The van der Waals surface area contributed by atoms with Crippen molar-refractivity contribution in [3.05, 3.63) is 53.2 Å². The number of aromatic amines is 1. The summed E-state index contributed by atoms with van der Waals surface area (Å²) < 4.78 is 13.5. The Bertz CT molecular complexity index is 1320. The van der Waals surface area contributed by atoms with E-state index in [4.69, 9.17) is 9.47 Å². The molecule has 0 bridgehead atoms. The Labute approximate surface area is 185 Å². The van der Waals surface area contributed by atoms with Crippen molar-refractivity contribution < 1.29 is 9.47 Å². The molecule has 0 amide bonds. The number of ether oxygens (including phenoxy) is 2. The third kappa shape index (κ3) is 3.60. The third-order valence-electron chi connectivity index (χ3n) is 6.37. The lowest BCUT2D eigenvalue weighted by molar-refractivity contribution is 0.112. The highest BCUT2D eigenvalue weighted by Gasteiger charge is 2.25. The maximum atomic E-state index is 13.0. The van der Waals surface area contributed by atoms with Gasteiger partial charge in [0.2, 0.25) is 0 Å². The number of aromatic nitrogens is 4. The zero-order chi connectivity index (χ0) is 22.2. The van der Waals surface area contributed by atoms with Crippen LogP contribution in [0.5, 0.6) is 11.5 Å². The predicted molar refractivity (Wildman–Crippen MR) is 124 cm³/mol. The van der Waals surface area contributed by atoms with Crippen LogP contribution in [0.25, 0.3) is 27.8 Å². The van der Waals surface area contributed by atoms with Gasteiger partial charge in [-0.25, -0.2) is 9.78 Å². The van der Waals surface area contributed by atoms with Gasteiger partial charge in [0.15, 0.2) is 5.65 Å². The molecular formula is C24H27N5O3. The van der Waals surface area contributed by atoms with E-state index in [1.54, 1.807) is 24.1 Å². The van der Waals surface area contributed by atoms with E-state index >= 15 is 0 Å². The maximum absolute atomic E-state index is 13.0. The molecule has 3 heterocycles. The average Bonchev–Trinajstić information content (AvgIpc) is 3.15. The fourth-order valence-electron chi connectivity index (χ4n) is 4.63. The first kappa shape index (κ1) is 20.5. The second-order valence-corrected chi connectivity index (χ2v) is 8.50. The van der Waals surface area contributed by atoms with E-state index in [9.17, 15) is 4.79 Å². The molecule has 1 aliphatic rings. The minimum atomic E-state index is -0.262. The summed E-state index contributed by atoms with van der Waals surface area (Å²) in [7, 11) is 5.88. The Hall–Kier alpha value is -3.39. The number of hydrogen-bond donors (Lipinski definition) is 1. The first-order chi connectivity index (χ1) is 15.5. The lowest BCUT2D eigenvalue weighted by Crippen LogP contribution is -2.35. The summed E-state index contributed by atoms with van der Waals surface area (Å²) >= 11 is 0. The average molecular weight is 434 g/mol. The molecule has 0 unspecified atom stereocenters. The molecule has 0 aliphatic heterocycles. The first-order valence-electron chi connectivity index (χ1n) is 10.9. The number of hydrogen-bond acceptors (Lipinski definition) is 6. The molecule has 0 saturated heterocycles. The normalized spacial score (nSPS) is 19.0. The van der Waals surface area contributed by atoms with Crippen LogP contribution in [0, 0.1) is 0 Å². The van der Waals surface area contributed by atoms with Crippen molar-refractivity contribution in [1.82, 2.24) is 24.4 Å². The van der Waals surface area contributed by atoms with E-state index in [1.165, 1.54) is 0 Å². The molecule has 4 aromatic rings. The third-order valence-corrected chi connectivity index (χ3v) is 6.37. The molecule has 0 spiro atoms. The van der Waals surface area contributed by atoms with Crippen molar-refractivity contribution in [3.63, 3.8) is 0 Å². The smallest absolute Gasteiger partial charge is 0.332 e. The first-order valence-corrected chi connectivity index (χ1v) is 10.9. The molecule has 1 aromatic carbocycles. The van der Waals surface area contributed by atoms with E-state index < -0.39 is 0 Å². The van der Waals surface area contributed by atoms with Gasteiger partial charge in [-0.2, -0.15) is 0 Å². The summed E-state index contributed by atoms with van der Waals surface area (Å²) in [6.07, 6.45) is 7.68. The zero-order valence-corrected chi connectivity index (χ0v) is 18.5. The Morgan fingerprint density at radius 2 is 1.78 bits per heavy atom. The van der Waals surface area contributed by atoms with Crippen LogP contribution in [-0.2, 0) is 0 Å². The molecule has 5 rings (SSSR count). The summed E-state index contributed by atoms with van der Waals surface area (Å²) in [5.41, 5.74) is 2.40. The fraction of sp³-hybridized carbons (Fsp3) is 0.375. The predicted octanol–water partition coefficient (Wildman–Crippen LogP) is 3.52. The van der Waals surface area contributed by atoms with Crippen LogP contribution in [0.2, 0.25) is 0 Å². The molecule has 32 heavy (non-hydrogen) atoms. The number of nitrogens with zero attached hydrogens (tertiary/aromatic N) is 4. The minimum Gasteiger partial charge on any atom is -0.496 e. The van der Waals surface area contributed by atoms with E-state index in [0.29, 0.717) is 34.4 Å². The van der Waals surface area contributed by atoms with E-state index in [-0.39, 0.29) is 11.8 Å². The highest BCUT2D eigenvalue weighted by Crippen LogP contribution is 2.31. The van der Waals surface area contributed by atoms with Gasteiger partial charge in [-0.05, 0) is 64.0 Å². The monoisotopic (exact) mass is 433 g/mol. The second-order valence-electron chi connectivity index (χ2n) is 8.50. The highest BCUT2D eigenvalue weighted by atomic mass is 16.5. The van der Waals surface area contributed by atoms with Crippen LogP contribution in [0.15, 0.2) is 47.5 Å². The van der Waals surface area contributed by atoms with Crippen LogP contribution in [0.3, 0.4) is 0 Å². The summed E-state index contributed by atoms with van der Waals surface area (Å²) in [5, 5.41) is 0.835. The number of methoxy groups -OCH3 is 1. The van der Waals surface area contributed by atoms with Crippen LogP contribution in [0.4, 0.5) is 0 Å². The molecule has 1 saturated carbocycles.